The molecule has 0 saturated carbocycles. The summed E-state index contributed by atoms with van der Waals surface area (Å²) in [5.41, 5.74) is 2.05. The zero-order valence-corrected chi connectivity index (χ0v) is 9.21. The predicted molar refractivity (Wildman–Crippen MR) is 58.2 cm³/mol. The first kappa shape index (κ1) is 9.92. The lowest BCUT2D eigenvalue weighted by Gasteiger charge is -1.99. The topological polar surface area (TPSA) is 55.1 Å². The van der Waals surface area contributed by atoms with Gasteiger partial charge in [0, 0.05) is 7.05 Å². The van der Waals surface area contributed by atoms with Crippen LogP contribution in [0.3, 0.4) is 0 Å². The van der Waals surface area contributed by atoms with Crippen molar-refractivity contribution in [1.82, 2.24) is 9.78 Å². The van der Waals surface area contributed by atoms with Crippen LogP contribution in [-0.4, -0.2) is 20.9 Å². The van der Waals surface area contributed by atoms with E-state index in [9.17, 15) is 4.79 Å². The summed E-state index contributed by atoms with van der Waals surface area (Å²) >= 11 is 1.53. The number of nitrogens with zero attached hydrogens (tertiary/aromatic N) is 2. The largest absolute Gasteiger partial charge is 0.478 e. The molecule has 4 nitrogen and oxygen atoms in total. The van der Waals surface area contributed by atoms with Crippen LogP contribution in [0, 0.1) is 6.92 Å². The highest BCUT2D eigenvalue weighted by Crippen LogP contribution is 2.29. The van der Waals surface area contributed by atoms with Crippen molar-refractivity contribution in [3.05, 3.63) is 28.8 Å². The smallest absolute Gasteiger partial charge is 0.339 e. The van der Waals surface area contributed by atoms with Crippen LogP contribution in [0.25, 0.3) is 10.6 Å². The van der Waals surface area contributed by atoms with Gasteiger partial charge in [-0.05, 0) is 23.9 Å². The first-order chi connectivity index (χ1) is 7.09. The summed E-state index contributed by atoms with van der Waals surface area (Å²) in [7, 11) is 1.75. The molecule has 2 rings (SSSR count). The fraction of sp³-hybridized carbons (Fsp3) is 0.200. The lowest BCUT2D eigenvalue weighted by Crippen LogP contribution is -1.99. The van der Waals surface area contributed by atoms with Crippen LogP contribution in [-0.2, 0) is 7.05 Å². The summed E-state index contributed by atoms with van der Waals surface area (Å²) in [5.74, 6) is -0.941. The number of rotatable bonds is 2. The molecule has 78 valence electrons. The van der Waals surface area contributed by atoms with Gasteiger partial charge in [-0.25, -0.2) is 4.79 Å². The Kier molecular flexibility index (Phi) is 2.32. The van der Waals surface area contributed by atoms with Crippen molar-refractivity contribution in [3.8, 4) is 10.6 Å². The maximum absolute atomic E-state index is 11.0. The normalized spacial score (nSPS) is 10.5. The van der Waals surface area contributed by atoms with Gasteiger partial charge < -0.3 is 5.11 Å². The molecule has 0 unspecified atom stereocenters. The van der Waals surface area contributed by atoms with Gasteiger partial charge in [0.15, 0.2) is 0 Å². The number of hydrogen-bond acceptors (Lipinski definition) is 3. The van der Waals surface area contributed by atoms with Crippen LogP contribution >= 0.6 is 11.3 Å². The van der Waals surface area contributed by atoms with E-state index in [-0.39, 0.29) is 5.56 Å². The van der Waals surface area contributed by atoms with E-state index in [0.29, 0.717) is 5.69 Å². The highest BCUT2D eigenvalue weighted by molar-refractivity contribution is 7.13. The fourth-order valence-corrected chi connectivity index (χ4v) is 2.43. The Hall–Kier alpha value is -1.62. The predicted octanol–water partition coefficient (Wildman–Crippen LogP) is 2.16. The van der Waals surface area contributed by atoms with Crippen LogP contribution < -0.4 is 0 Å². The average molecular weight is 222 g/mol. The second-order valence-electron chi connectivity index (χ2n) is 3.32. The molecular weight excluding hydrogens is 212 g/mol. The summed E-state index contributed by atoms with van der Waals surface area (Å²) in [6, 6.07) is 1.97. The Morgan fingerprint density at radius 3 is 2.87 bits per heavy atom. The quantitative estimate of drug-likeness (QED) is 0.847. The Bertz CT molecular complexity index is 513. The number of aromatic nitrogens is 2. The molecule has 2 heterocycles. The van der Waals surface area contributed by atoms with Gasteiger partial charge >= 0.3 is 5.97 Å². The highest BCUT2D eigenvalue weighted by atomic mass is 32.1. The van der Waals surface area contributed by atoms with E-state index in [2.05, 4.69) is 5.10 Å². The van der Waals surface area contributed by atoms with Gasteiger partial charge in [0.05, 0.1) is 16.8 Å². The Morgan fingerprint density at radius 2 is 2.33 bits per heavy atom. The van der Waals surface area contributed by atoms with Crippen molar-refractivity contribution < 1.29 is 9.90 Å². The van der Waals surface area contributed by atoms with Crippen LogP contribution in [0.4, 0.5) is 0 Å². The first-order valence-electron chi connectivity index (χ1n) is 4.40. The molecule has 0 aliphatic heterocycles. The molecule has 2 aromatic heterocycles. The lowest BCUT2D eigenvalue weighted by atomic mass is 10.2. The van der Waals surface area contributed by atoms with E-state index in [1.165, 1.54) is 17.5 Å². The number of hydrogen-bond donors (Lipinski definition) is 1. The van der Waals surface area contributed by atoms with Gasteiger partial charge in [-0.2, -0.15) is 5.10 Å². The molecule has 0 aromatic carbocycles. The number of carboxylic acids is 1. The third-order valence-corrected chi connectivity index (χ3v) is 3.19. The van der Waals surface area contributed by atoms with Gasteiger partial charge in [-0.3, -0.25) is 4.68 Å². The Balaban J connectivity index is 2.60. The molecule has 0 atom stereocenters. The standard InChI is InChI=1S/C10H10N2O2S/c1-6-3-8(15-5-6)9-7(10(13)14)4-11-12(9)2/h3-5H,1-2H3,(H,13,14). The molecule has 0 spiro atoms. The number of aryl methyl sites for hydroxylation is 2. The average Bonchev–Trinajstić information content (AvgIpc) is 2.71. The molecule has 15 heavy (non-hydrogen) atoms. The summed E-state index contributed by atoms with van der Waals surface area (Å²) in [5, 5.41) is 15.0. The van der Waals surface area contributed by atoms with Gasteiger partial charge in [0.25, 0.3) is 0 Å². The molecular formula is C10H10N2O2S. The van der Waals surface area contributed by atoms with E-state index in [4.69, 9.17) is 5.11 Å². The molecule has 0 bridgehead atoms. The van der Waals surface area contributed by atoms with Crippen molar-refractivity contribution in [1.29, 1.82) is 0 Å². The number of carbonyl (C=O) groups is 1. The minimum absolute atomic E-state index is 0.249. The molecule has 5 heteroatoms. The molecule has 2 aromatic rings. The minimum atomic E-state index is -0.941. The first-order valence-corrected chi connectivity index (χ1v) is 5.28. The number of aromatic carboxylic acids is 1. The Morgan fingerprint density at radius 1 is 1.60 bits per heavy atom. The third kappa shape index (κ3) is 1.66. The van der Waals surface area contributed by atoms with E-state index >= 15 is 0 Å². The molecule has 0 fully saturated rings. The van der Waals surface area contributed by atoms with Crippen LogP contribution in [0.1, 0.15) is 15.9 Å². The molecule has 0 saturated heterocycles. The van der Waals surface area contributed by atoms with Crippen LogP contribution in [0.2, 0.25) is 0 Å². The third-order valence-electron chi connectivity index (χ3n) is 2.13. The lowest BCUT2D eigenvalue weighted by molar-refractivity contribution is 0.0697. The highest BCUT2D eigenvalue weighted by Gasteiger charge is 2.17. The van der Waals surface area contributed by atoms with E-state index in [1.807, 2.05) is 18.4 Å². The van der Waals surface area contributed by atoms with Gasteiger partial charge in [-0.1, -0.05) is 0 Å². The van der Waals surface area contributed by atoms with Crippen LogP contribution in [0.5, 0.6) is 0 Å². The van der Waals surface area contributed by atoms with Crippen LogP contribution in [0.15, 0.2) is 17.6 Å². The molecule has 0 amide bonds. The minimum Gasteiger partial charge on any atom is -0.478 e. The van der Waals surface area contributed by atoms with Gasteiger partial charge in [0.1, 0.15) is 5.56 Å². The SMILES string of the molecule is Cc1csc(-c2c(C(=O)O)cnn2C)c1. The summed E-state index contributed by atoms with van der Waals surface area (Å²) in [6.07, 6.45) is 1.38. The summed E-state index contributed by atoms with van der Waals surface area (Å²) in [4.78, 5) is 11.9. The summed E-state index contributed by atoms with van der Waals surface area (Å²) in [6.45, 7) is 1.98. The fourth-order valence-electron chi connectivity index (χ4n) is 1.44. The Labute approximate surface area is 90.8 Å². The number of carboxylic acid groups (broad SMARTS) is 1. The van der Waals surface area contributed by atoms with Gasteiger partial charge in [0.2, 0.25) is 0 Å². The second kappa shape index (κ2) is 3.51. The molecule has 0 aliphatic rings. The monoisotopic (exact) mass is 222 g/mol. The zero-order valence-electron chi connectivity index (χ0n) is 8.39. The van der Waals surface area contributed by atoms with Crippen molar-refractivity contribution in [2.75, 3.05) is 0 Å². The van der Waals surface area contributed by atoms with Crippen molar-refractivity contribution >= 4 is 17.3 Å². The van der Waals surface area contributed by atoms with Crippen molar-refractivity contribution in [2.24, 2.45) is 7.05 Å². The zero-order chi connectivity index (χ0) is 11.0. The van der Waals surface area contributed by atoms with E-state index in [0.717, 1.165) is 10.4 Å². The number of thiophene rings is 1. The van der Waals surface area contributed by atoms with Crippen molar-refractivity contribution in [3.63, 3.8) is 0 Å². The van der Waals surface area contributed by atoms with Crippen molar-refractivity contribution in [2.45, 2.75) is 6.92 Å². The second-order valence-corrected chi connectivity index (χ2v) is 4.24. The maximum atomic E-state index is 11.0. The molecule has 0 radical (unpaired) electrons. The van der Waals surface area contributed by atoms with E-state index in [1.54, 1.807) is 11.7 Å². The van der Waals surface area contributed by atoms with Gasteiger partial charge in [-0.15, -0.1) is 11.3 Å². The molecule has 1 N–H and O–H groups in total. The summed E-state index contributed by atoms with van der Waals surface area (Å²) < 4.78 is 1.59. The molecule has 0 aliphatic carbocycles. The van der Waals surface area contributed by atoms with E-state index < -0.39 is 5.97 Å². The maximum Gasteiger partial charge on any atom is 0.339 e.